The van der Waals surface area contributed by atoms with Gasteiger partial charge in [0.1, 0.15) is 0 Å². The SMILES string of the molecule is Cc1cccc(NCc2cc(C(N)=O)cs2)c1C. The summed E-state index contributed by atoms with van der Waals surface area (Å²) >= 11 is 1.54. The van der Waals surface area contributed by atoms with E-state index < -0.39 is 0 Å². The molecule has 0 aliphatic rings. The fourth-order valence-electron chi connectivity index (χ4n) is 1.73. The molecule has 1 aromatic heterocycles. The van der Waals surface area contributed by atoms with Crippen LogP contribution in [0, 0.1) is 13.8 Å². The van der Waals surface area contributed by atoms with Crippen LogP contribution < -0.4 is 11.1 Å². The Kier molecular flexibility index (Phi) is 3.67. The Hall–Kier alpha value is -1.81. The first-order valence-corrected chi connectivity index (χ1v) is 6.63. The molecule has 0 aliphatic heterocycles. The summed E-state index contributed by atoms with van der Waals surface area (Å²) in [7, 11) is 0. The zero-order chi connectivity index (χ0) is 13.1. The quantitative estimate of drug-likeness (QED) is 0.887. The smallest absolute Gasteiger partial charge is 0.249 e. The highest BCUT2D eigenvalue weighted by atomic mass is 32.1. The molecule has 0 spiro atoms. The summed E-state index contributed by atoms with van der Waals surface area (Å²) in [6.07, 6.45) is 0. The Morgan fingerprint density at radius 3 is 2.83 bits per heavy atom. The number of primary amides is 1. The van der Waals surface area contributed by atoms with Crippen molar-refractivity contribution in [3.63, 3.8) is 0 Å². The summed E-state index contributed by atoms with van der Waals surface area (Å²) in [6.45, 7) is 4.90. The number of carbonyl (C=O) groups excluding carboxylic acids is 1. The van der Waals surface area contributed by atoms with Crippen molar-refractivity contribution in [3.8, 4) is 0 Å². The number of benzene rings is 1. The van der Waals surface area contributed by atoms with Crippen LogP contribution in [0.15, 0.2) is 29.6 Å². The molecular weight excluding hydrogens is 244 g/mol. The zero-order valence-corrected chi connectivity index (χ0v) is 11.3. The summed E-state index contributed by atoms with van der Waals surface area (Å²) in [5.74, 6) is -0.371. The highest BCUT2D eigenvalue weighted by Crippen LogP contribution is 2.20. The maximum Gasteiger partial charge on any atom is 0.249 e. The van der Waals surface area contributed by atoms with Gasteiger partial charge in [-0.15, -0.1) is 11.3 Å². The van der Waals surface area contributed by atoms with E-state index in [4.69, 9.17) is 5.73 Å². The third-order valence-electron chi connectivity index (χ3n) is 3.00. The van der Waals surface area contributed by atoms with Crippen LogP contribution >= 0.6 is 11.3 Å². The largest absolute Gasteiger partial charge is 0.380 e. The van der Waals surface area contributed by atoms with Crippen molar-refractivity contribution in [2.45, 2.75) is 20.4 Å². The van der Waals surface area contributed by atoms with Crippen molar-refractivity contribution in [2.75, 3.05) is 5.32 Å². The van der Waals surface area contributed by atoms with Crippen LogP contribution in [0.1, 0.15) is 26.4 Å². The molecule has 0 unspecified atom stereocenters. The van der Waals surface area contributed by atoms with E-state index in [0.29, 0.717) is 12.1 Å². The van der Waals surface area contributed by atoms with Gasteiger partial charge in [0.15, 0.2) is 0 Å². The monoisotopic (exact) mass is 260 g/mol. The second kappa shape index (κ2) is 5.23. The highest BCUT2D eigenvalue weighted by Gasteiger charge is 2.05. The second-order valence-corrected chi connectivity index (χ2v) is 5.26. The molecule has 0 aliphatic carbocycles. The first kappa shape index (κ1) is 12.6. The average Bonchev–Trinajstić information content (AvgIpc) is 2.80. The van der Waals surface area contributed by atoms with E-state index >= 15 is 0 Å². The third-order valence-corrected chi connectivity index (χ3v) is 3.93. The minimum atomic E-state index is -0.371. The van der Waals surface area contributed by atoms with Gasteiger partial charge in [-0.2, -0.15) is 0 Å². The van der Waals surface area contributed by atoms with E-state index in [2.05, 4.69) is 31.3 Å². The van der Waals surface area contributed by atoms with Gasteiger partial charge in [0.2, 0.25) is 5.91 Å². The molecule has 94 valence electrons. The molecular formula is C14H16N2OS. The number of hydrogen-bond donors (Lipinski definition) is 2. The summed E-state index contributed by atoms with van der Waals surface area (Å²) in [4.78, 5) is 12.1. The van der Waals surface area contributed by atoms with Crippen molar-refractivity contribution < 1.29 is 4.79 Å². The molecule has 0 bridgehead atoms. The van der Waals surface area contributed by atoms with Crippen molar-refractivity contribution in [1.82, 2.24) is 0 Å². The standard InChI is InChI=1S/C14H16N2OS/c1-9-4-3-5-13(10(9)2)16-7-12-6-11(8-18-12)14(15)17/h3-6,8,16H,7H2,1-2H3,(H2,15,17). The van der Waals surface area contributed by atoms with Gasteiger partial charge < -0.3 is 11.1 Å². The van der Waals surface area contributed by atoms with E-state index in [0.717, 1.165) is 10.6 Å². The van der Waals surface area contributed by atoms with Crippen LogP contribution in [0.5, 0.6) is 0 Å². The number of nitrogens with one attached hydrogen (secondary N) is 1. The molecule has 0 radical (unpaired) electrons. The van der Waals surface area contributed by atoms with Crippen LogP contribution in [0.3, 0.4) is 0 Å². The fourth-order valence-corrected chi connectivity index (χ4v) is 2.54. The Morgan fingerprint density at radius 2 is 2.17 bits per heavy atom. The van der Waals surface area contributed by atoms with Crippen LogP contribution in [0.25, 0.3) is 0 Å². The number of carbonyl (C=O) groups is 1. The summed E-state index contributed by atoms with van der Waals surface area (Å²) in [6, 6.07) is 8.03. The molecule has 4 heteroatoms. The summed E-state index contributed by atoms with van der Waals surface area (Å²) in [5, 5.41) is 5.17. The predicted octanol–water partition coefficient (Wildman–Crippen LogP) is 3.08. The van der Waals surface area contributed by atoms with Gasteiger partial charge in [-0.05, 0) is 37.1 Å². The lowest BCUT2D eigenvalue weighted by Gasteiger charge is -2.10. The normalized spacial score (nSPS) is 10.3. The van der Waals surface area contributed by atoms with Crippen LogP contribution in [-0.4, -0.2) is 5.91 Å². The zero-order valence-electron chi connectivity index (χ0n) is 10.5. The fraction of sp³-hybridized carbons (Fsp3) is 0.214. The van der Waals surface area contributed by atoms with Crippen LogP contribution in [0.4, 0.5) is 5.69 Å². The molecule has 1 amide bonds. The molecule has 0 fully saturated rings. The number of hydrogen-bond acceptors (Lipinski definition) is 3. The van der Waals surface area contributed by atoms with Gasteiger partial charge in [-0.1, -0.05) is 12.1 Å². The number of anilines is 1. The number of nitrogens with two attached hydrogens (primary N) is 1. The van der Waals surface area contributed by atoms with E-state index in [1.807, 2.05) is 12.1 Å². The predicted molar refractivity (Wildman–Crippen MR) is 76.1 cm³/mol. The van der Waals surface area contributed by atoms with Crippen molar-refractivity contribution in [3.05, 3.63) is 51.2 Å². The van der Waals surface area contributed by atoms with Crippen LogP contribution in [0.2, 0.25) is 0 Å². The van der Waals surface area contributed by atoms with Crippen molar-refractivity contribution in [2.24, 2.45) is 5.73 Å². The lowest BCUT2D eigenvalue weighted by atomic mass is 10.1. The Balaban J connectivity index is 2.07. The van der Waals surface area contributed by atoms with Crippen molar-refractivity contribution in [1.29, 1.82) is 0 Å². The maximum atomic E-state index is 11.0. The van der Waals surface area contributed by atoms with E-state index in [9.17, 15) is 4.79 Å². The lowest BCUT2D eigenvalue weighted by Crippen LogP contribution is -2.09. The number of aryl methyl sites for hydroxylation is 1. The van der Waals surface area contributed by atoms with Gasteiger partial charge in [-0.3, -0.25) is 4.79 Å². The van der Waals surface area contributed by atoms with Gasteiger partial charge in [0.05, 0.1) is 5.56 Å². The van der Waals surface area contributed by atoms with E-state index in [1.165, 1.54) is 11.1 Å². The van der Waals surface area contributed by atoms with Crippen LogP contribution in [-0.2, 0) is 6.54 Å². The molecule has 2 rings (SSSR count). The Morgan fingerprint density at radius 1 is 1.39 bits per heavy atom. The minimum absolute atomic E-state index is 0.371. The first-order chi connectivity index (χ1) is 8.58. The molecule has 0 saturated carbocycles. The number of amides is 1. The molecule has 18 heavy (non-hydrogen) atoms. The summed E-state index contributed by atoms with van der Waals surface area (Å²) in [5.41, 5.74) is 9.46. The average molecular weight is 260 g/mol. The highest BCUT2D eigenvalue weighted by molar-refractivity contribution is 7.10. The lowest BCUT2D eigenvalue weighted by molar-refractivity contribution is 0.100. The Bertz CT molecular complexity index is 575. The first-order valence-electron chi connectivity index (χ1n) is 5.75. The van der Waals surface area contributed by atoms with E-state index in [-0.39, 0.29) is 5.91 Å². The van der Waals surface area contributed by atoms with Crippen molar-refractivity contribution >= 4 is 22.9 Å². The Labute approximate surface area is 111 Å². The number of thiophene rings is 1. The molecule has 0 saturated heterocycles. The molecule has 0 atom stereocenters. The molecule has 1 aromatic carbocycles. The van der Waals surface area contributed by atoms with Gasteiger partial charge in [0.25, 0.3) is 0 Å². The second-order valence-electron chi connectivity index (χ2n) is 4.27. The number of rotatable bonds is 4. The molecule has 3 N–H and O–H groups in total. The van der Waals surface area contributed by atoms with Gasteiger partial charge in [0, 0.05) is 22.5 Å². The van der Waals surface area contributed by atoms with Gasteiger partial charge >= 0.3 is 0 Å². The maximum absolute atomic E-state index is 11.0. The minimum Gasteiger partial charge on any atom is -0.380 e. The molecule has 1 heterocycles. The summed E-state index contributed by atoms with van der Waals surface area (Å²) < 4.78 is 0. The van der Waals surface area contributed by atoms with Gasteiger partial charge in [-0.25, -0.2) is 0 Å². The molecule has 2 aromatic rings. The topological polar surface area (TPSA) is 55.1 Å². The third kappa shape index (κ3) is 2.71. The molecule has 3 nitrogen and oxygen atoms in total. The van der Waals surface area contributed by atoms with E-state index in [1.54, 1.807) is 16.7 Å².